The molecule has 1 aliphatic heterocycles. The van der Waals surface area contributed by atoms with Gasteiger partial charge in [0.25, 0.3) is 0 Å². The van der Waals surface area contributed by atoms with Gasteiger partial charge in [-0.3, -0.25) is 0 Å². The highest BCUT2D eigenvalue weighted by Gasteiger charge is 2.21. The average molecular weight is 480 g/mol. The number of benzene rings is 2. The third kappa shape index (κ3) is 5.32. The van der Waals surface area contributed by atoms with Gasteiger partial charge in [-0.05, 0) is 25.1 Å². The first-order chi connectivity index (χ1) is 12.7. The number of guanidine groups is 1. The summed E-state index contributed by atoms with van der Waals surface area (Å²) >= 11 is 0. The molecule has 0 radical (unpaired) electrons. The maximum absolute atomic E-state index is 14.1. The summed E-state index contributed by atoms with van der Waals surface area (Å²) in [6.07, 6.45) is 0.826. The Labute approximate surface area is 175 Å². The van der Waals surface area contributed by atoms with Crippen LogP contribution in [0.25, 0.3) is 0 Å². The molecule has 0 amide bonds. The minimum Gasteiger partial charge on any atom is -0.493 e. The summed E-state index contributed by atoms with van der Waals surface area (Å²) in [5.41, 5.74) is 1.85. The smallest absolute Gasteiger partial charge is 0.192 e. The summed E-state index contributed by atoms with van der Waals surface area (Å²) in [7, 11) is 0. The van der Waals surface area contributed by atoms with Crippen LogP contribution in [0.5, 0.6) is 5.75 Å². The van der Waals surface area contributed by atoms with Gasteiger partial charge in [0, 0.05) is 24.1 Å². The number of rotatable bonds is 4. The van der Waals surface area contributed by atoms with E-state index in [4.69, 9.17) is 10.00 Å². The first kappa shape index (κ1) is 21.0. The number of fused-ring (bicyclic) bond motifs is 1. The fourth-order valence-electron chi connectivity index (χ4n) is 2.89. The van der Waals surface area contributed by atoms with Crippen molar-refractivity contribution < 1.29 is 9.13 Å². The summed E-state index contributed by atoms with van der Waals surface area (Å²) in [5, 5.41) is 15.4. The van der Waals surface area contributed by atoms with Crippen molar-refractivity contribution in [3.05, 3.63) is 65.0 Å². The normalized spacial score (nSPS) is 15.6. The molecule has 0 aromatic heterocycles. The zero-order valence-corrected chi connectivity index (χ0v) is 17.4. The molecule has 142 valence electrons. The second kappa shape index (κ2) is 10.1. The molecule has 27 heavy (non-hydrogen) atoms. The lowest BCUT2D eigenvalue weighted by molar-refractivity contribution is 0.261. The van der Waals surface area contributed by atoms with E-state index in [-0.39, 0.29) is 36.6 Å². The highest BCUT2D eigenvalue weighted by molar-refractivity contribution is 14.0. The predicted octanol–water partition coefficient (Wildman–Crippen LogP) is 3.89. The van der Waals surface area contributed by atoms with Crippen LogP contribution in [0.3, 0.4) is 0 Å². The molecule has 5 nitrogen and oxygen atoms in total. The fourth-order valence-corrected chi connectivity index (χ4v) is 2.89. The Morgan fingerprint density at radius 2 is 2.15 bits per heavy atom. The van der Waals surface area contributed by atoms with E-state index < -0.39 is 5.82 Å². The van der Waals surface area contributed by atoms with Crippen LogP contribution in [0.1, 0.15) is 36.1 Å². The number of aliphatic imine (C=N–C) groups is 1. The molecule has 7 heteroatoms. The molecular formula is C20H22FIN4O. The van der Waals surface area contributed by atoms with Crippen molar-refractivity contribution in [2.24, 2.45) is 4.99 Å². The van der Waals surface area contributed by atoms with Crippen LogP contribution >= 0.6 is 24.0 Å². The standard InChI is InChI=1S/C20H21FN4O.HI/c1-2-23-20(24-13-15-8-7-14(12-22)11-17(15)21)25-18-9-10-26-19-6-4-3-5-16(18)19;/h3-8,11,18H,2,9-10,13H2,1H3,(H2,23,24,25);1H. The van der Waals surface area contributed by atoms with Crippen molar-refractivity contribution in [2.75, 3.05) is 13.2 Å². The Bertz CT molecular complexity index is 850. The summed E-state index contributed by atoms with van der Waals surface area (Å²) in [4.78, 5) is 4.50. The second-order valence-corrected chi connectivity index (χ2v) is 5.99. The van der Waals surface area contributed by atoms with Gasteiger partial charge < -0.3 is 15.4 Å². The minimum absolute atomic E-state index is 0. The van der Waals surface area contributed by atoms with E-state index in [1.807, 2.05) is 37.3 Å². The molecule has 0 bridgehead atoms. The van der Waals surface area contributed by atoms with Gasteiger partial charge >= 0.3 is 0 Å². The Morgan fingerprint density at radius 1 is 1.33 bits per heavy atom. The minimum atomic E-state index is -0.417. The number of ether oxygens (including phenoxy) is 1. The van der Waals surface area contributed by atoms with Gasteiger partial charge in [-0.2, -0.15) is 5.26 Å². The topological polar surface area (TPSA) is 69.4 Å². The third-order valence-corrected chi connectivity index (χ3v) is 4.20. The van der Waals surface area contributed by atoms with Crippen LogP contribution in [0.2, 0.25) is 0 Å². The molecule has 0 spiro atoms. The van der Waals surface area contributed by atoms with Gasteiger partial charge in [0.05, 0.1) is 30.8 Å². The Balaban J connectivity index is 0.00000261. The van der Waals surface area contributed by atoms with Crippen LogP contribution < -0.4 is 15.4 Å². The SMILES string of the molecule is CCNC(=NCc1ccc(C#N)cc1F)NC1CCOc2ccccc21.I. The number of nitrogens with zero attached hydrogens (tertiary/aromatic N) is 2. The van der Waals surface area contributed by atoms with E-state index in [1.54, 1.807) is 12.1 Å². The third-order valence-electron chi connectivity index (χ3n) is 4.20. The fraction of sp³-hybridized carbons (Fsp3) is 0.300. The highest BCUT2D eigenvalue weighted by Crippen LogP contribution is 2.31. The quantitative estimate of drug-likeness (QED) is 0.396. The summed E-state index contributed by atoms with van der Waals surface area (Å²) in [6, 6.07) is 14.4. The van der Waals surface area contributed by atoms with Gasteiger partial charge in [0.1, 0.15) is 11.6 Å². The lowest BCUT2D eigenvalue weighted by Gasteiger charge is -2.28. The predicted molar refractivity (Wildman–Crippen MR) is 114 cm³/mol. The molecular weight excluding hydrogens is 458 g/mol. The molecule has 0 saturated heterocycles. The lowest BCUT2D eigenvalue weighted by atomic mass is 10.0. The molecule has 0 fully saturated rings. The van der Waals surface area contributed by atoms with Crippen LogP contribution in [-0.2, 0) is 6.54 Å². The Morgan fingerprint density at radius 3 is 2.89 bits per heavy atom. The molecule has 2 aromatic rings. The van der Waals surface area contributed by atoms with Gasteiger partial charge in [-0.1, -0.05) is 24.3 Å². The van der Waals surface area contributed by atoms with E-state index in [2.05, 4.69) is 15.6 Å². The summed E-state index contributed by atoms with van der Waals surface area (Å²) in [5.74, 6) is 1.09. The lowest BCUT2D eigenvalue weighted by Crippen LogP contribution is -2.41. The first-order valence-corrected chi connectivity index (χ1v) is 8.66. The molecule has 1 unspecified atom stereocenters. The van der Waals surface area contributed by atoms with Crippen LogP contribution in [0.4, 0.5) is 4.39 Å². The van der Waals surface area contributed by atoms with Crippen molar-refractivity contribution in [2.45, 2.75) is 25.9 Å². The molecule has 0 saturated carbocycles. The maximum atomic E-state index is 14.1. The van der Waals surface area contributed by atoms with Gasteiger partial charge in [-0.25, -0.2) is 9.38 Å². The van der Waals surface area contributed by atoms with E-state index >= 15 is 0 Å². The Hall–Kier alpha value is -2.34. The van der Waals surface area contributed by atoms with E-state index in [1.165, 1.54) is 6.07 Å². The van der Waals surface area contributed by atoms with Gasteiger partial charge in [-0.15, -0.1) is 24.0 Å². The van der Waals surface area contributed by atoms with Gasteiger partial charge in [0.15, 0.2) is 5.96 Å². The zero-order valence-electron chi connectivity index (χ0n) is 15.0. The molecule has 3 rings (SSSR count). The largest absolute Gasteiger partial charge is 0.493 e. The number of halogens is 2. The van der Waals surface area contributed by atoms with Crippen LogP contribution in [0, 0.1) is 17.1 Å². The number of nitrogens with one attached hydrogen (secondary N) is 2. The van der Waals surface area contributed by atoms with Crippen molar-refractivity contribution in [3.63, 3.8) is 0 Å². The van der Waals surface area contributed by atoms with Crippen LogP contribution in [0.15, 0.2) is 47.5 Å². The van der Waals surface area contributed by atoms with Crippen molar-refractivity contribution in [1.29, 1.82) is 5.26 Å². The van der Waals surface area contributed by atoms with E-state index in [9.17, 15) is 4.39 Å². The molecule has 2 aromatic carbocycles. The van der Waals surface area contributed by atoms with E-state index in [0.29, 0.717) is 30.2 Å². The molecule has 1 atom stereocenters. The average Bonchev–Trinajstić information content (AvgIpc) is 2.67. The first-order valence-electron chi connectivity index (χ1n) is 8.66. The zero-order chi connectivity index (χ0) is 18.4. The number of hydrogen-bond acceptors (Lipinski definition) is 3. The molecule has 1 aliphatic rings. The second-order valence-electron chi connectivity index (χ2n) is 5.99. The van der Waals surface area contributed by atoms with Crippen molar-refractivity contribution in [1.82, 2.24) is 10.6 Å². The molecule has 2 N–H and O–H groups in total. The number of nitriles is 1. The molecule has 1 heterocycles. The van der Waals surface area contributed by atoms with Gasteiger partial charge in [0.2, 0.25) is 0 Å². The Kier molecular flexibility index (Phi) is 7.85. The van der Waals surface area contributed by atoms with Crippen LogP contribution in [-0.4, -0.2) is 19.1 Å². The summed E-state index contributed by atoms with van der Waals surface area (Å²) in [6.45, 7) is 3.51. The number of hydrogen-bond donors (Lipinski definition) is 2. The van der Waals surface area contributed by atoms with Crippen molar-refractivity contribution in [3.8, 4) is 11.8 Å². The van der Waals surface area contributed by atoms with E-state index in [0.717, 1.165) is 17.7 Å². The highest BCUT2D eigenvalue weighted by atomic mass is 127. The maximum Gasteiger partial charge on any atom is 0.192 e. The number of para-hydroxylation sites is 1. The summed E-state index contributed by atoms with van der Waals surface area (Å²) < 4.78 is 19.7. The molecule has 0 aliphatic carbocycles. The monoisotopic (exact) mass is 480 g/mol. The van der Waals surface area contributed by atoms with Crippen molar-refractivity contribution >= 4 is 29.9 Å².